The summed E-state index contributed by atoms with van der Waals surface area (Å²) >= 11 is 2.08. The Hall–Kier alpha value is -4.07. The number of hydrogen-bond donors (Lipinski definition) is 3. The third kappa shape index (κ3) is 6.79. The van der Waals surface area contributed by atoms with Crippen molar-refractivity contribution in [3.8, 4) is 5.75 Å². The fraction of sp³-hybridized carbons (Fsp3) is 0.219. The quantitative estimate of drug-likeness (QED) is 0.179. The van der Waals surface area contributed by atoms with E-state index in [0.29, 0.717) is 16.7 Å². The Bertz CT molecular complexity index is 1740. The van der Waals surface area contributed by atoms with Crippen LogP contribution in [-0.4, -0.2) is 58.3 Å². The van der Waals surface area contributed by atoms with Gasteiger partial charge in [0, 0.05) is 36.0 Å². The first-order chi connectivity index (χ1) is 20.8. The Morgan fingerprint density at radius 2 is 1.79 bits per heavy atom. The number of aliphatic hydroxyl groups is 2. The van der Waals surface area contributed by atoms with Crippen molar-refractivity contribution in [2.45, 2.75) is 31.2 Å². The lowest BCUT2D eigenvalue weighted by Gasteiger charge is -2.40. The molecule has 0 aliphatic heterocycles. The first-order valence-electron chi connectivity index (χ1n) is 13.5. The van der Waals surface area contributed by atoms with Gasteiger partial charge in [-0.05, 0) is 59.0 Å². The average Bonchev–Trinajstić information content (AvgIpc) is 3.01. The topological polar surface area (TPSA) is 129 Å². The second kappa shape index (κ2) is 13.5. The maximum absolute atomic E-state index is 14.9. The molecule has 0 unspecified atom stereocenters. The molecule has 3 aromatic carbocycles. The summed E-state index contributed by atoms with van der Waals surface area (Å²) < 4.78 is 27.2. The van der Waals surface area contributed by atoms with Gasteiger partial charge in [-0.15, -0.1) is 0 Å². The van der Waals surface area contributed by atoms with Crippen molar-refractivity contribution in [1.82, 2.24) is 10.2 Å². The number of nitrogens with one attached hydrogen (secondary N) is 1. The minimum atomic E-state index is -1.38. The highest BCUT2D eigenvalue weighted by molar-refractivity contribution is 14.1. The number of amides is 2. The minimum absolute atomic E-state index is 0.0124. The molecule has 3 atom stereocenters. The van der Waals surface area contributed by atoms with E-state index in [-0.39, 0.29) is 42.8 Å². The van der Waals surface area contributed by atoms with Crippen molar-refractivity contribution < 1.29 is 33.3 Å². The third-order valence-electron chi connectivity index (χ3n) is 7.15. The third-order valence-corrected chi connectivity index (χ3v) is 8.04. The van der Waals surface area contributed by atoms with Gasteiger partial charge in [0.25, 0.3) is 5.91 Å². The van der Waals surface area contributed by atoms with E-state index in [1.807, 2.05) is 12.1 Å². The largest absolute Gasteiger partial charge is 0.482 e. The Balaban J connectivity index is 1.59. The first-order valence-corrected chi connectivity index (χ1v) is 14.6. The van der Waals surface area contributed by atoms with Crippen molar-refractivity contribution in [3.63, 3.8) is 0 Å². The van der Waals surface area contributed by atoms with E-state index in [0.717, 1.165) is 3.57 Å². The van der Waals surface area contributed by atoms with Crippen LogP contribution in [0.15, 0.2) is 99.7 Å². The molecule has 1 aliphatic rings. The molecule has 2 amide bonds. The molecule has 1 aliphatic carbocycles. The second-order valence-corrected chi connectivity index (χ2v) is 11.1. The molecule has 11 heteroatoms. The molecule has 1 heterocycles. The van der Waals surface area contributed by atoms with Crippen LogP contribution < -0.4 is 15.7 Å². The summed E-state index contributed by atoms with van der Waals surface area (Å²) in [5, 5.41) is 24.0. The maximum Gasteiger partial charge on any atom is 0.349 e. The summed E-state index contributed by atoms with van der Waals surface area (Å²) in [6, 6.07) is 20.0. The number of hydrogen-bond acceptors (Lipinski definition) is 7. The second-order valence-electron chi connectivity index (χ2n) is 9.96. The number of halogens is 2. The van der Waals surface area contributed by atoms with Gasteiger partial charge < -0.3 is 29.6 Å². The molecule has 1 aromatic heterocycles. The molecule has 43 heavy (non-hydrogen) atoms. The first kappa shape index (κ1) is 30.4. The predicted molar refractivity (Wildman–Crippen MR) is 165 cm³/mol. The van der Waals surface area contributed by atoms with E-state index in [9.17, 15) is 29.0 Å². The van der Waals surface area contributed by atoms with E-state index < -0.39 is 41.5 Å². The summed E-state index contributed by atoms with van der Waals surface area (Å²) in [6.07, 6.45) is -1.13. The number of ether oxygens (including phenoxy) is 1. The van der Waals surface area contributed by atoms with Gasteiger partial charge in [0.05, 0.1) is 16.2 Å². The summed E-state index contributed by atoms with van der Waals surface area (Å²) in [5.74, 6) is -1.47. The summed E-state index contributed by atoms with van der Waals surface area (Å²) in [6.45, 7) is -0.620. The Kier molecular flexibility index (Phi) is 9.53. The average molecular weight is 698 g/mol. The number of nitrogens with zero attached hydrogens (tertiary/aromatic N) is 1. The van der Waals surface area contributed by atoms with Gasteiger partial charge in [-0.1, -0.05) is 48.5 Å². The molecule has 0 fully saturated rings. The van der Waals surface area contributed by atoms with E-state index in [1.54, 1.807) is 42.5 Å². The summed E-state index contributed by atoms with van der Waals surface area (Å²) in [5.41, 5.74) is -0.575. The fourth-order valence-electron chi connectivity index (χ4n) is 4.98. The lowest BCUT2D eigenvalue weighted by atomic mass is 9.87. The SMILES string of the molecule is O=C(NCCO)C1=C[C@H](Oc2ccccc2I)[C@@H](O)[C@H](N(Cc2ccccc2F)C(=O)c2cc3ccccc3oc2=O)C1. The van der Waals surface area contributed by atoms with Crippen LogP contribution in [0.3, 0.4) is 0 Å². The minimum Gasteiger partial charge on any atom is -0.482 e. The van der Waals surface area contributed by atoms with Gasteiger partial charge in [-0.25, -0.2) is 9.18 Å². The predicted octanol–water partition coefficient (Wildman–Crippen LogP) is 3.79. The van der Waals surface area contributed by atoms with Crippen LogP contribution in [0.5, 0.6) is 5.75 Å². The zero-order valence-corrected chi connectivity index (χ0v) is 24.9. The molecule has 222 valence electrons. The van der Waals surface area contributed by atoms with Crippen molar-refractivity contribution in [2.24, 2.45) is 0 Å². The van der Waals surface area contributed by atoms with Gasteiger partial charge in [0.15, 0.2) is 0 Å². The number of benzene rings is 3. The fourth-order valence-corrected chi connectivity index (χ4v) is 5.50. The lowest BCUT2D eigenvalue weighted by Crippen LogP contribution is -2.55. The number of para-hydroxylation sites is 2. The van der Waals surface area contributed by atoms with Crippen molar-refractivity contribution >= 4 is 45.4 Å². The number of carbonyl (C=O) groups is 2. The number of fused-ring (bicyclic) bond motifs is 1. The van der Waals surface area contributed by atoms with Crippen molar-refractivity contribution in [1.29, 1.82) is 0 Å². The van der Waals surface area contributed by atoms with Gasteiger partial charge >= 0.3 is 5.63 Å². The standard InChI is InChI=1S/C32H28FIN2O7/c33-23-9-3-1-8-20(23)18-36(31(40)22-15-19-7-2-5-11-26(19)43-32(22)41)25-16-21(30(39)35-13-14-37)17-28(29(25)38)42-27-12-6-4-10-24(27)34/h1-12,15,17,25,28-29,37-38H,13-14,16,18H2,(H,35,39)/t25-,28+,29+/m1/s1. The smallest absolute Gasteiger partial charge is 0.349 e. The molecule has 0 saturated carbocycles. The monoisotopic (exact) mass is 698 g/mol. The van der Waals surface area contributed by atoms with Crippen LogP contribution in [0, 0.1) is 9.39 Å². The summed E-state index contributed by atoms with van der Waals surface area (Å²) in [4.78, 5) is 41.5. The van der Waals surface area contributed by atoms with Crippen LogP contribution in [0.4, 0.5) is 4.39 Å². The van der Waals surface area contributed by atoms with E-state index in [2.05, 4.69) is 27.9 Å². The molecular formula is C32H28FIN2O7. The molecular weight excluding hydrogens is 670 g/mol. The number of aliphatic hydroxyl groups excluding tert-OH is 2. The molecule has 4 aromatic rings. The zero-order chi connectivity index (χ0) is 30.5. The van der Waals surface area contributed by atoms with Gasteiger partial charge in [0.2, 0.25) is 5.91 Å². The highest BCUT2D eigenvalue weighted by Gasteiger charge is 2.41. The molecule has 0 saturated heterocycles. The molecule has 0 bridgehead atoms. The van der Waals surface area contributed by atoms with Crippen LogP contribution in [0.1, 0.15) is 22.3 Å². The van der Waals surface area contributed by atoms with Crippen molar-refractivity contribution in [2.75, 3.05) is 13.2 Å². The van der Waals surface area contributed by atoms with Crippen LogP contribution >= 0.6 is 22.6 Å². The maximum atomic E-state index is 14.9. The van der Waals surface area contributed by atoms with Crippen LogP contribution in [0.2, 0.25) is 0 Å². The molecule has 3 N–H and O–H groups in total. The molecule has 9 nitrogen and oxygen atoms in total. The lowest BCUT2D eigenvalue weighted by molar-refractivity contribution is -0.118. The summed E-state index contributed by atoms with van der Waals surface area (Å²) in [7, 11) is 0. The van der Waals surface area contributed by atoms with Gasteiger partial charge in [-0.3, -0.25) is 9.59 Å². The van der Waals surface area contributed by atoms with E-state index in [1.165, 1.54) is 35.2 Å². The molecule has 0 spiro atoms. The number of rotatable bonds is 9. The highest BCUT2D eigenvalue weighted by atomic mass is 127. The Morgan fingerprint density at radius 3 is 2.56 bits per heavy atom. The van der Waals surface area contributed by atoms with Crippen molar-refractivity contribution in [3.05, 3.63) is 121 Å². The van der Waals surface area contributed by atoms with E-state index in [4.69, 9.17) is 9.15 Å². The normalized spacial score (nSPS) is 18.1. The van der Waals surface area contributed by atoms with E-state index >= 15 is 0 Å². The molecule has 5 rings (SSSR count). The van der Waals surface area contributed by atoms with Crippen LogP contribution in [-0.2, 0) is 11.3 Å². The Morgan fingerprint density at radius 1 is 1.07 bits per heavy atom. The molecule has 0 radical (unpaired) electrons. The van der Waals surface area contributed by atoms with Crippen LogP contribution in [0.25, 0.3) is 11.0 Å². The highest BCUT2D eigenvalue weighted by Crippen LogP contribution is 2.31. The number of carbonyl (C=O) groups excluding carboxylic acids is 2. The van der Waals surface area contributed by atoms with Gasteiger partial charge in [0.1, 0.15) is 34.9 Å². The van der Waals surface area contributed by atoms with Gasteiger partial charge in [-0.2, -0.15) is 0 Å². The Labute approximate surface area is 259 Å². The zero-order valence-electron chi connectivity index (χ0n) is 22.8.